The standard InChI is InChI=1S/C26H25FN6O2S/c27-24-18(16-3-5-17(6-4-16)33-11-1-2-12-33)7-8-19-25(24)36-23(31-19)14-21(30)35-20(29)13-22(34)32-26(15-28)9-10-26/h3-8,29-30H,1-2,9-14H2,(H,32,34). The van der Waals surface area contributed by atoms with Crippen molar-refractivity contribution in [3.63, 3.8) is 0 Å². The fourth-order valence-electron chi connectivity index (χ4n) is 4.34. The molecule has 0 unspecified atom stereocenters. The Balaban J connectivity index is 1.23. The van der Waals surface area contributed by atoms with Crippen LogP contribution in [0.2, 0.25) is 0 Å². The van der Waals surface area contributed by atoms with Crippen LogP contribution in [0.25, 0.3) is 21.3 Å². The smallest absolute Gasteiger partial charge is 0.230 e. The highest BCUT2D eigenvalue weighted by Gasteiger charge is 2.44. The Morgan fingerprint density at radius 3 is 2.56 bits per heavy atom. The van der Waals surface area contributed by atoms with E-state index in [0.29, 0.717) is 33.6 Å². The van der Waals surface area contributed by atoms with E-state index < -0.39 is 17.3 Å². The number of carbonyl (C=O) groups excluding carboxylic acids is 1. The molecule has 2 fully saturated rings. The number of hydrogen-bond donors (Lipinski definition) is 3. The normalized spacial score (nSPS) is 15.9. The van der Waals surface area contributed by atoms with Gasteiger partial charge < -0.3 is 15.0 Å². The summed E-state index contributed by atoms with van der Waals surface area (Å²) in [7, 11) is 0. The number of aromatic nitrogens is 1. The van der Waals surface area contributed by atoms with Gasteiger partial charge in [-0.3, -0.25) is 15.6 Å². The van der Waals surface area contributed by atoms with Gasteiger partial charge in [-0.25, -0.2) is 9.37 Å². The molecule has 1 aliphatic carbocycles. The average Bonchev–Trinajstić information content (AvgIpc) is 3.22. The molecule has 0 bridgehead atoms. The van der Waals surface area contributed by atoms with Gasteiger partial charge in [-0.1, -0.05) is 12.1 Å². The second kappa shape index (κ2) is 9.66. The van der Waals surface area contributed by atoms with Crippen LogP contribution in [-0.4, -0.2) is 41.3 Å². The largest absolute Gasteiger partial charge is 0.429 e. The first-order valence-corrected chi connectivity index (χ1v) is 12.7. The van der Waals surface area contributed by atoms with Crippen LogP contribution in [0, 0.1) is 28.0 Å². The zero-order valence-corrected chi connectivity index (χ0v) is 20.4. The molecule has 0 spiro atoms. The first-order valence-electron chi connectivity index (χ1n) is 11.8. The lowest BCUT2D eigenvalue weighted by atomic mass is 10.0. The first-order chi connectivity index (χ1) is 17.4. The number of thiazole rings is 1. The van der Waals surface area contributed by atoms with E-state index in [4.69, 9.17) is 20.8 Å². The summed E-state index contributed by atoms with van der Waals surface area (Å²) < 4.78 is 21.0. The minimum Gasteiger partial charge on any atom is -0.429 e. The Morgan fingerprint density at radius 2 is 1.89 bits per heavy atom. The summed E-state index contributed by atoms with van der Waals surface area (Å²) in [6, 6.07) is 13.5. The van der Waals surface area contributed by atoms with Crippen LogP contribution in [0.3, 0.4) is 0 Å². The molecule has 2 heterocycles. The molecule has 2 aliphatic rings. The third kappa shape index (κ3) is 5.06. The van der Waals surface area contributed by atoms with Gasteiger partial charge in [0.1, 0.15) is 22.8 Å². The van der Waals surface area contributed by atoms with Gasteiger partial charge in [0, 0.05) is 24.3 Å². The van der Waals surface area contributed by atoms with Gasteiger partial charge in [0.25, 0.3) is 0 Å². The quantitative estimate of drug-likeness (QED) is 0.315. The number of anilines is 1. The lowest BCUT2D eigenvalue weighted by Crippen LogP contribution is -2.37. The van der Waals surface area contributed by atoms with Gasteiger partial charge in [-0.15, -0.1) is 11.3 Å². The van der Waals surface area contributed by atoms with E-state index in [1.807, 2.05) is 24.3 Å². The molecular weight excluding hydrogens is 479 g/mol. The molecule has 3 N–H and O–H groups in total. The lowest BCUT2D eigenvalue weighted by molar-refractivity contribution is -0.120. The number of rotatable bonds is 7. The molecule has 1 amide bonds. The Bertz CT molecular complexity index is 1380. The van der Waals surface area contributed by atoms with Crippen LogP contribution in [-0.2, 0) is 16.0 Å². The molecule has 8 nitrogen and oxygen atoms in total. The number of halogens is 1. The number of benzene rings is 2. The van der Waals surface area contributed by atoms with Gasteiger partial charge in [-0.05, 0) is 55.5 Å². The monoisotopic (exact) mass is 504 g/mol. The van der Waals surface area contributed by atoms with E-state index in [2.05, 4.69) is 21.3 Å². The van der Waals surface area contributed by atoms with Crippen LogP contribution in [0.15, 0.2) is 36.4 Å². The van der Waals surface area contributed by atoms with Crippen molar-refractivity contribution >= 4 is 44.9 Å². The van der Waals surface area contributed by atoms with Crippen LogP contribution >= 0.6 is 11.3 Å². The molecule has 5 rings (SSSR count). The fraction of sp³-hybridized carbons (Fsp3) is 0.346. The Labute approximate surface area is 211 Å². The van der Waals surface area contributed by atoms with Gasteiger partial charge in [-0.2, -0.15) is 5.26 Å². The number of nitrogens with one attached hydrogen (secondary N) is 3. The summed E-state index contributed by atoms with van der Waals surface area (Å²) >= 11 is 1.14. The maximum Gasteiger partial charge on any atom is 0.230 e. The van der Waals surface area contributed by atoms with Crippen molar-refractivity contribution < 1.29 is 13.9 Å². The van der Waals surface area contributed by atoms with Gasteiger partial charge in [0.15, 0.2) is 11.8 Å². The summed E-state index contributed by atoms with van der Waals surface area (Å²) in [5, 5.41) is 28.0. The van der Waals surface area contributed by atoms with E-state index in [-0.39, 0.29) is 24.6 Å². The predicted octanol–water partition coefficient (Wildman–Crippen LogP) is 4.78. The molecule has 1 saturated carbocycles. The number of amides is 1. The third-order valence-electron chi connectivity index (χ3n) is 6.41. The summed E-state index contributed by atoms with van der Waals surface area (Å²) in [4.78, 5) is 18.7. The SMILES string of the molecule is N#CC1(NC(=O)CC(=N)OC(=N)Cc2nc3ccc(-c4ccc(N5CCCC5)cc4)c(F)c3s2)CC1. The van der Waals surface area contributed by atoms with Gasteiger partial charge in [0.05, 0.1) is 22.7 Å². The number of nitriles is 1. The van der Waals surface area contributed by atoms with Crippen molar-refractivity contribution in [2.75, 3.05) is 18.0 Å². The molecule has 2 aromatic carbocycles. The zero-order chi connectivity index (χ0) is 25.3. The van der Waals surface area contributed by atoms with E-state index in [1.165, 1.54) is 12.8 Å². The third-order valence-corrected chi connectivity index (χ3v) is 7.48. The van der Waals surface area contributed by atoms with Crippen molar-refractivity contribution in [1.82, 2.24) is 10.3 Å². The predicted molar refractivity (Wildman–Crippen MR) is 137 cm³/mol. The van der Waals surface area contributed by atoms with Crippen molar-refractivity contribution in [3.8, 4) is 17.2 Å². The van der Waals surface area contributed by atoms with Crippen molar-refractivity contribution in [1.29, 1.82) is 16.1 Å². The molecule has 184 valence electrons. The number of carbonyl (C=O) groups is 1. The van der Waals surface area contributed by atoms with Crippen LogP contribution in [0.1, 0.15) is 37.1 Å². The number of fused-ring (bicyclic) bond motifs is 1. The molecule has 0 radical (unpaired) electrons. The second-order valence-corrected chi connectivity index (χ2v) is 10.3. The second-order valence-electron chi connectivity index (χ2n) is 9.17. The lowest BCUT2D eigenvalue weighted by Gasteiger charge is -2.17. The highest BCUT2D eigenvalue weighted by atomic mass is 32.1. The zero-order valence-electron chi connectivity index (χ0n) is 19.6. The number of ether oxygens (including phenoxy) is 1. The maximum absolute atomic E-state index is 15.4. The Hall–Kier alpha value is -3.84. The first kappa shape index (κ1) is 23.9. The highest BCUT2D eigenvalue weighted by Crippen LogP contribution is 2.35. The van der Waals surface area contributed by atoms with Crippen molar-refractivity contribution in [2.24, 2.45) is 0 Å². The van der Waals surface area contributed by atoms with Crippen LogP contribution < -0.4 is 10.2 Å². The Morgan fingerprint density at radius 1 is 1.17 bits per heavy atom. The minimum absolute atomic E-state index is 0.0230. The molecule has 36 heavy (non-hydrogen) atoms. The fourth-order valence-corrected chi connectivity index (χ4v) is 5.34. The van der Waals surface area contributed by atoms with E-state index in [0.717, 1.165) is 35.7 Å². The van der Waals surface area contributed by atoms with Crippen molar-refractivity contribution in [2.45, 2.75) is 44.1 Å². The van der Waals surface area contributed by atoms with E-state index >= 15 is 4.39 Å². The summed E-state index contributed by atoms with van der Waals surface area (Å²) in [5.74, 6) is -1.49. The number of nitrogens with zero attached hydrogens (tertiary/aromatic N) is 3. The Kier molecular flexibility index (Phi) is 6.41. The summed E-state index contributed by atoms with van der Waals surface area (Å²) in [6.45, 7) is 2.10. The van der Waals surface area contributed by atoms with Gasteiger partial charge >= 0.3 is 0 Å². The molecule has 10 heteroatoms. The highest BCUT2D eigenvalue weighted by molar-refractivity contribution is 7.18. The van der Waals surface area contributed by atoms with Crippen LogP contribution in [0.4, 0.5) is 10.1 Å². The molecule has 0 atom stereocenters. The van der Waals surface area contributed by atoms with E-state index in [9.17, 15) is 4.79 Å². The van der Waals surface area contributed by atoms with E-state index in [1.54, 1.807) is 12.1 Å². The summed E-state index contributed by atoms with van der Waals surface area (Å²) in [6.07, 6.45) is 3.20. The molecule has 3 aromatic rings. The number of hydrogen-bond acceptors (Lipinski definition) is 8. The molecule has 1 saturated heterocycles. The van der Waals surface area contributed by atoms with Gasteiger partial charge in [0.2, 0.25) is 5.91 Å². The summed E-state index contributed by atoms with van der Waals surface area (Å²) in [5.41, 5.74) is 2.12. The molecule has 1 aliphatic heterocycles. The topological polar surface area (TPSA) is 126 Å². The van der Waals surface area contributed by atoms with Crippen LogP contribution in [0.5, 0.6) is 0 Å². The molecule has 1 aromatic heterocycles. The van der Waals surface area contributed by atoms with Crippen molar-refractivity contribution in [3.05, 3.63) is 47.2 Å². The minimum atomic E-state index is -0.815. The average molecular weight is 505 g/mol. The molecular formula is C26H25FN6O2S. The maximum atomic E-state index is 15.4.